The normalized spacial score (nSPS) is 28.2. The van der Waals surface area contributed by atoms with Crippen molar-refractivity contribution in [2.24, 2.45) is 5.41 Å². The van der Waals surface area contributed by atoms with Gasteiger partial charge in [-0.05, 0) is 52.2 Å². The van der Waals surface area contributed by atoms with Crippen LogP contribution in [0.4, 0.5) is 0 Å². The minimum atomic E-state index is -1.11. The molecule has 1 aromatic carbocycles. The molecule has 1 aliphatic heterocycles. The first kappa shape index (κ1) is 15.9. The maximum absolute atomic E-state index is 11.5. The quantitative estimate of drug-likeness (QED) is 0.754. The van der Waals surface area contributed by atoms with Gasteiger partial charge in [-0.3, -0.25) is 0 Å². The predicted molar refractivity (Wildman–Crippen MR) is 88.3 cm³/mol. The summed E-state index contributed by atoms with van der Waals surface area (Å²) < 4.78 is 6.24. The Morgan fingerprint density at radius 3 is 2.57 bits per heavy atom. The van der Waals surface area contributed by atoms with E-state index in [0.717, 1.165) is 12.8 Å². The maximum atomic E-state index is 11.5. The van der Waals surface area contributed by atoms with E-state index in [9.17, 15) is 15.0 Å². The Hall–Kier alpha value is -1.97. The first-order valence-corrected chi connectivity index (χ1v) is 8.04. The van der Waals surface area contributed by atoms with Gasteiger partial charge in [0.25, 0.3) is 0 Å². The lowest BCUT2D eigenvalue weighted by atomic mass is 9.57. The second-order valence-corrected chi connectivity index (χ2v) is 7.65. The monoisotopic (exact) mass is 316 g/mol. The predicted octanol–water partition coefficient (Wildman–Crippen LogP) is 4.40. The molecule has 0 unspecified atom stereocenters. The van der Waals surface area contributed by atoms with E-state index in [-0.39, 0.29) is 22.6 Å². The summed E-state index contributed by atoms with van der Waals surface area (Å²) in [7, 11) is 0. The van der Waals surface area contributed by atoms with Gasteiger partial charge in [-0.2, -0.15) is 0 Å². The molecule has 0 spiro atoms. The summed E-state index contributed by atoms with van der Waals surface area (Å²) in [5.41, 5.74) is 1.80. The summed E-state index contributed by atoms with van der Waals surface area (Å²) in [6, 6.07) is 1.75. The first-order valence-electron chi connectivity index (χ1n) is 8.04. The van der Waals surface area contributed by atoms with Crippen molar-refractivity contribution in [3.05, 3.63) is 34.4 Å². The number of aryl methyl sites for hydroxylation is 1. The molecule has 23 heavy (non-hydrogen) atoms. The highest BCUT2D eigenvalue weighted by Gasteiger charge is 2.54. The molecule has 1 heterocycles. The van der Waals surface area contributed by atoms with E-state index in [2.05, 4.69) is 33.8 Å². The zero-order valence-electron chi connectivity index (χ0n) is 14.4. The van der Waals surface area contributed by atoms with Crippen molar-refractivity contribution in [3.8, 4) is 11.5 Å². The SMILES string of the molecule is CC1=C[C@H]2c3c(cc(C)c(C(=O)O)c3O)OC(C)(C)[C@]2(C)CC1. The van der Waals surface area contributed by atoms with Crippen molar-refractivity contribution in [3.63, 3.8) is 0 Å². The lowest BCUT2D eigenvalue weighted by Gasteiger charge is -2.54. The lowest BCUT2D eigenvalue weighted by Crippen LogP contribution is -2.53. The van der Waals surface area contributed by atoms with Crippen LogP contribution < -0.4 is 4.74 Å². The van der Waals surface area contributed by atoms with Gasteiger partial charge in [-0.15, -0.1) is 0 Å². The van der Waals surface area contributed by atoms with Crippen molar-refractivity contribution < 1.29 is 19.7 Å². The van der Waals surface area contributed by atoms with Crippen molar-refractivity contribution >= 4 is 5.97 Å². The number of aromatic hydroxyl groups is 1. The van der Waals surface area contributed by atoms with Crippen molar-refractivity contribution in [1.82, 2.24) is 0 Å². The zero-order valence-corrected chi connectivity index (χ0v) is 14.4. The molecule has 0 saturated heterocycles. The number of carboxylic acids is 1. The van der Waals surface area contributed by atoms with E-state index in [1.54, 1.807) is 13.0 Å². The van der Waals surface area contributed by atoms with Crippen LogP contribution in [0, 0.1) is 12.3 Å². The van der Waals surface area contributed by atoms with Crippen molar-refractivity contribution in [2.45, 2.75) is 59.0 Å². The van der Waals surface area contributed by atoms with Crippen LogP contribution >= 0.6 is 0 Å². The van der Waals surface area contributed by atoms with Gasteiger partial charge in [0.15, 0.2) is 0 Å². The van der Waals surface area contributed by atoms with Crippen LogP contribution in [-0.4, -0.2) is 21.8 Å². The fraction of sp³-hybridized carbons (Fsp3) is 0.526. The van der Waals surface area contributed by atoms with Crippen LogP contribution in [0.5, 0.6) is 11.5 Å². The average molecular weight is 316 g/mol. The zero-order chi connectivity index (χ0) is 17.2. The van der Waals surface area contributed by atoms with Crippen molar-refractivity contribution in [2.75, 3.05) is 0 Å². The van der Waals surface area contributed by atoms with Crippen LogP contribution in [0.15, 0.2) is 17.7 Å². The Kier molecular flexibility index (Phi) is 3.29. The van der Waals surface area contributed by atoms with E-state index in [1.807, 2.05) is 0 Å². The smallest absolute Gasteiger partial charge is 0.339 e. The van der Waals surface area contributed by atoms with Gasteiger partial charge in [0, 0.05) is 16.9 Å². The fourth-order valence-electron chi connectivity index (χ4n) is 4.07. The number of fused-ring (bicyclic) bond motifs is 3. The lowest BCUT2D eigenvalue weighted by molar-refractivity contribution is -0.0578. The van der Waals surface area contributed by atoms with E-state index in [0.29, 0.717) is 16.9 Å². The van der Waals surface area contributed by atoms with Crippen LogP contribution in [0.2, 0.25) is 0 Å². The Morgan fingerprint density at radius 1 is 1.30 bits per heavy atom. The topological polar surface area (TPSA) is 66.8 Å². The number of carbonyl (C=O) groups is 1. The van der Waals surface area contributed by atoms with Crippen molar-refractivity contribution in [1.29, 1.82) is 0 Å². The third-order valence-corrected chi connectivity index (χ3v) is 5.94. The number of rotatable bonds is 1. The number of allylic oxidation sites excluding steroid dienone is 2. The Labute approximate surface area is 136 Å². The summed E-state index contributed by atoms with van der Waals surface area (Å²) in [5.74, 6) is -0.701. The number of phenols is 1. The van der Waals surface area contributed by atoms with Crippen LogP contribution in [-0.2, 0) is 0 Å². The highest BCUT2D eigenvalue weighted by atomic mass is 16.5. The van der Waals surface area contributed by atoms with Gasteiger partial charge in [0.2, 0.25) is 0 Å². The molecule has 4 heteroatoms. The molecule has 2 N–H and O–H groups in total. The molecule has 0 bridgehead atoms. The summed E-state index contributed by atoms with van der Waals surface area (Å²) in [4.78, 5) is 11.5. The molecule has 0 saturated carbocycles. The Morgan fingerprint density at radius 2 is 1.96 bits per heavy atom. The minimum Gasteiger partial charge on any atom is -0.507 e. The standard InChI is InChI=1S/C19H24O4/c1-10-6-7-19(5)12(8-10)15-13(23-18(19,3)4)9-11(2)14(16(15)20)17(21)22/h8-9,12,20H,6-7H2,1-5H3,(H,21,22)/t12-,19+/m0/s1. The maximum Gasteiger partial charge on any atom is 0.339 e. The largest absolute Gasteiger partial charge is 0.507 e. The second-order valence-electron chi connectivity index (χ2n) is 7.65. The van der Waals surface area contributed by atoms with E-state index in [1.165, 1.54) is 5.57 Å². The number of hydrogen-bond donors (Lipinski definition) is 2. The molecule has 0 fully saturated rings. The molecule has 0 radical (unpaired) electrons. The van der Waals surface area contributed by atoms with E-state index in [4.69, 9.17) is 4.74 Å². The minimum absolute atomic E-state index is 0.0222. The number of ether oxygens (including phenoxy) is 1. The Balaban J connectivity index is 2.34. The fourth-order valence-corrected chi connectivity index (χ4v) is 4.07. The second kappa shape index (κ2) is 4.76. The Bertz CT molecular complexity index is 729. The summed E-state index contributed by atoms with van der Waals surface area (Å²) >= 11 is 0. The van der Waals surface area contributed by atoms with E-state index >= 15 is 0 Å². The third kappa shape index (κ3) is 2.07. The molecule has 124 valence electrons. The number of aromatic carboxylic acids is 1. The molecule has 2 atom stereocenters. The molecule has 4 nitrogen and oxygen atoms in total. The molecule has 1 aromatic rings. The molecule has 1 aliphatic carbocycles. The highest BCUT2D eigenvalue weighted by Crippen LogP contribution is 2.60. The molecular formula is C19H24O4. The first-order chi connectivity index (χ1) is 10.6. The van der Waals surface area contributed by atoms with Gasteiger partial charge in [0.05, 0.1) is 0 Å². The summed E-state index contributed by atoms with van der Waals surface area (Å²) in [6.07, 6.45) is 4.11. The van der Waals surface area contributed by atoms with Gasteiger partial charge < -0.3 is 14.9 Å². The average Bonchev–Trinajstić information content (AvgIpc) is 2.40. The summed E-state index contributed by atoms with van der Waals surface area (Å²) in [5, 5.41) is 20.2. The van der Waals surface area contributed by atoms with Crippen LogP contribution in [0.25, 0.3) is 0 Å². The van der Waals surface area contributed by atoms with Crippen LogP contribution in [0.1, 0.15) is 67.9 Å². The highest BCUT2D eigenvalue weighted by molar-refractivity contribution is 5.94. The van der Waals surface area contributed by atoms with Gasteiger partial charge in [0.1, 0.15) is 22.7 Å². The molecule has 2 aliphatic rings. The van der Waals surface area contributed by atoms with Gasteiger partial charge in [-0.1, -0.05) is 18.6 Å². The van der Waals surface area contributed by atoms with E-state index < -0.39 is 11.6 Å². The molecule has 0 amide bonds. The number of carboxylic acid groups (broad SMARTS) is 1. The van der Waals surface area contributed by atoms with Crippen LogP contribution in [0.3, 0.4) is 0 Å². The summed E-state index contributed by atoms with van der Waals surface area (Å²) in [6.45, 7) is 10.1. The third-order valence-electron chi connectivity index (χ3n) is 5.94. The molecule has 3 rings (SSSR count). The number of benzene rings is 1. The van der Waals surface area contributed by atoms with Gasteiger partial charge in [-0.25, -0.2) is 4.79 Å². The number of hydrogen-bond acceptors (Lipinski definition) is 3. The van der Waals surface area contributed by atoms with Gasteiger partial charge >= 0.3 is 5.97 Å². The molecule has 0 aromatic heterocycles. The molecular weight excluding hydrogens is 292 g/mol.